The maximum Gasteiger partial charge on any atom is 0.317 e. The standard InChI is InChI=1S/C16H23N3O2/c1-11-7-18-15(8-17-11)13-2-3-14-9-19(10-16(20)21)5-4-12(14)6-13/h2-3,6,11,15,17-18H,4-5,7-10H2,1H3,(H,20,21). The third kappa shape index (κ3) is 3.43. The van der Waals surface area contributed by atoms with E-state index in [1.165, 1.54) is 16.7 Å². The number of aliphatic carboxylic acids is 1. The molecular weight excluding hydrogens is 266 g/mol. The number of nitrogens with zero attached hydrogens (tertiary/aromatic N) is 1. The molecule has 2 aliphatic rings. The minimum Gasteiger partial charge on any atom is -0.480 e. The predicted octanol–water partition coefficient (Wildman–Crippen LogP) is 0.752. The Bertz CT molecular complexity index is 524. The van der Waals surface area contributed by atoms with Gasteiger partial charge in [0.15, 0.2) is 0 Å². The van der Waals surface area contributed by atoms with Crippen molar-refractivity contribution < 1.29 is 9.90 Å². The smallest absolute Gasteiger partial charge is 0.317 e. The number of hydrogen-bond donors (Lipinski definition) is 3. The van der Waals surface area contributed by atoms with Crippen molar-refractivity contribution in [2.45, 2.75) is 32.0 Å². The molecule has 5 nitrogen and oxygen atoms in total. The summed E-state index contributed by atoms with van der Waals surface area (Å²) >= 11 is 0. The lowest BCUT2D eigenvalue weighted by Gasteiger charge is -2.31. The van der Waals surface area contributed by atoms with Gasteiger partial charge in [0.25, 0.3) is 0 Å². The number of fused-ring (bicyclic) bond motifs is 1. The maximum absolute atomic E-state index is 10.8. The number of carbonyl (C=O) groups is 1. The zero-order valence-electron chi connectivity index (χ0n) is 12.4. The first kappa shape index (κ1) is 14.5. The lowest BCUT2D eigenvalue weighted by atomic mass is 9.94. The van der Waals surface area contributed by atoms with Crippen molar-refractivity contribution in [2.75, 3.05) is 26.2 Å². The van der Waals surface area contributed by atoms with Crippen molar-refractivity contribution in [3.05, 3.63) is 34.9 Å². The number of rotatable bonds is 3. The van der Waals surface area contributed by atoms with Crippen molar-refractivity contribution in [2.24, 2.45) is 0 Å². The lowest BCUT2D eigenvalue weighted by molar-refractivity contribution is -0.138. The fourth-order valence-electron chi connectivity index (χ4n) is 3.19. The van der Waals surface area contributed by atoms with Gasteiger partial charge >= 0.3 is 5.97 Å². The van der Waals surface area contributed by atoms with E-state index in [0.29, 0.717) is 12.1 Å². The molecule has 1 aromatic carbocycles. The largest absolute Gasteiger partial charge is 0.480 e. The molecule has 3 rings (SSSR count). The van der Waals surface area contributed by atoms with Crippen molar-refractivity contribution in [1.82, 2.24) is 15.5 Å². The normalized spacial score (nSPS) is 26.3. The van der Waals surface area contributed by atoms with Gasteiger partial charge in [-0.2, -0.15) is 0 Å². The van der Waals surface area contributed by atoms with Crippen molar-refractivity contribution in [1.29, 1.82) is 0 Å². The second-order valence-electron chi connectivity index (χ2n) is 6.15. The van der Waals surface area contributed by atoms with E-state index in [1.807, 2.05) is 4.90 Å². The molecule has 1 saturated heterocycles. The minimum atomic E-state index is -0.748. The Morgan fingerprint density at radius 1 is 1.33 bits per heavy atom. The van der Waals surface area contributed by atoms with Crippen molar-refractivity contribution in [3.8, 4) is 0 Å². The second kappa shape index (κ2) is 6.13. The van der Waals surface area contributed by atoms with Crippen LogP contribution in [0.25, 0.3) is 0 Å². The van der Waals surface area contributed by atoms with E-state index >= 15 is 0 Å². The summed E-state index contributed by atoms with van der Waals surface area (Å²) in [5.74, 6) is -0.748. The van der Waals surface area contributed by atoms with Gasteiger partial charge in [-0.3, -0.25) is 9.69 Å². The number of piperazine rings is 1. The number of carboxylic acid groups (broad SMARTS) is 1. The van der Waals surface area contributed by atoms with E-state index in [4.69, 9.17) is 5.11 Å². The van der Waals surface area contributed by atoms with Gasteiger partial charge in [0, 0.05) is 38.3 Å². The molecule has 2 aliphatic heterocycles. The molecule has 0 radical (unpaired) electrons. The molecule has 2 heterocycles. The summed E-state index contributed by atoms with van der Waals surface area (Å²) < 4.78 is 0. The third-order valence-corrected chi connectivity index (χ3v) is 4.42. The monoisotopic (exact) mass is 289 g/mol. The molecule has 5 heteroatoms. The Labute approximate surface area is 125 Å². The first-order valence-corrected chi connectivity index (χ1v) is 7.64. The number of benzene rings is 1. The Morgan fingerprint density at radius 2 is 2.19 bits per heavy atom. The van der Waals surface area contributed by atoms with Crippen LogP contribution in [0, 0.1) is 0 Å². The summed E-state index contributed by atoms with van der Waals surface area (Å²) in [4.78, 5) is 12.8. The van der Waals surface area contributed by atoms with E-state index in [0.717, 1.165) is 32.6 Å². The highest BCUT2D eigenvalue weighted by molar-refractivity contribution is 5.69. The molecule has 0 aromatic heterocycles. The molecule has 2 unspecified atom stereocenters. The zero-order valence-corrected chi connectivity index (χ0v) is 12.4. The van der Waals surface area contributed by atoms with Crippen LogP contribution >= 0.6 is 0 Å². The van der Waals surface area contributed by atoms with Gasteiger partial charge in [0.05, 0.1) is 6.54 Å². The van der Waals surface area contributed by atoms with E-state index in [9.17, 15) is 4.79 Å². The second-order valence-corrected chi connectivity index (χ2v) is 6.15. The van der Waals surface area contributed by atoms with Gasteiger partial charge in [-0.05, 0) is 30.0 Å². The van der Waals surface area contributed by atoms with Gasteiger partial charge in [0.1, 0.15) is 0 Å². The van der Waals surface area contributed by atoms with Crippen LogP contribution in [0.15, 0.2) is 18.2 Å². The van der Waals surface area contributed by atoms with Crippen LogP contribution < -0.4 is 10.6 Å². The zero-order chi connectivity index (χ0) is 14.8. The molecule has 0 aliphatic carbocycles. The molecule has 3 N–H and O–H groups in total. The first-order valence-electron chi connectivity index (χ1n) is 7.64. The molecular formula is C16H23N3O2. The molecule has 0 saturated carbocycles. The maximum atomic E-state index is 10.8. The summed E-state index contributed by atoms with van der Waals surface area (Å²) in [5, 5.41) is 16.0. The van der Waals surface area contributed by atoms with Gasteiger partial charge in [-0.25, -0.2) is 0 Å². The van der Waals surface area contributed by atoms with E-state index < -0.39 is 5.97 Å². The average Bonchev–Trinajstić information content (AvgIpc) is 2.47. The highest BCUT2D eigenvalue weighted by atomic mass is 16.4. The molecule has 1 fully saturated rings. The Balaban J connectivity index is 1.70. The van der Waals surface area contributed by atoms with Gasteiger partial charge in [-0.1, -0.05) is 18.2 Å². The minimum absolute atomic E-state index is 0.132. The average molecular weight is 289 g/mol. The van der Waals surface area contributed by atoms with Gasteiger partial charge in [0.2, 0.25) is 0 Å². The Kier molecular flexibility index (Phi) is 4.24. The summed E-state index contributed by atoms with van der Waals surface area (Å²) in [6.07, 6.45) is 0.938. The van der Waals surface area contributed by atoms with Crippen LogP contribution in [0.3, 0.4) is 0 Å². The molecule has 1 aromatic rings. The van der Waals surface area contributed by atoms with E-state index in [-0.39, 0.29) is 6.54 Å². The van der Waals surface area contributed by atoms with Gasteiger partial charge in [-0.15, -0.1) is 0 Å². The third-order valence-electron chi connectivity index (χ3n) is 4.42. The molecule has 21 heavy (non-hydrogen) atoms. The van der Waals surface area contributed by atoms with Crippen LogP contribution in [0.1, 0.15) is 29.7 Å². The highest BCUT2D eigenvalue weighted by Crippen LogP contribution is 2.24. The number of hydrogen-bond acceptors (Lipinski definition) is 4. The molecule has 2 atom stereocenters. The lowest BCUT2D eigenvalue weighted by Crippen LogP contribution is -2.48. The SMILES string of the molecule is CC1CNC(c2ccc3c(c2)CCN(CC(=O)O)C3)CN1. The summed E-state index contributed by atoms with van der Waals surface area (Å²) in [5.41, 5.74) is 3.97. The Hall–Kier alpha value is -1.43. The Morgan fingerprint density at radius 3 is 2.90 bits per heavy atom. The molecule has 0 amide bonds. The quantitative estimate of drug-likeness (QED) is 0.766. The highest BCUT2D eigenvalue weighted by Gasteiger charge is 2.22. The predicted molar refractivity (Wildman–Crippen MR) is 81.3 cm³/mol. The van der Waals surface area contributed by atoms with Crippen molar-refractivity contribution >= 4 is 5.97 Å². The summed E-state index contributed by atoms with van der Waals surface area (Å²) in [6, 6.07) is 7.55. The fourth-order valence-corrected chi connectivity index (χ4v) is 3.19. The van der Waals surface area contributed by atoms with Crippen LogP contribution in [0.5, 0.6) is 0 Å². The molecule has 0 bridgehead atoms. The van der Waals surface area contributed by atoms with Gasteiger partial charge < -0.3 is 15.7 Å². The van der Waals surface area contributed by atoms with Crippen LogP contribution in [0.4, 0.5) is 0 Å². The molecule has 114 valence electrons. The topological polar surface area (TPSA) is 64.6 Å². The van der Waals surface area contributed by atoms with E-state index in [2.05, 4.69) is 35.8 Å². The van der Waals surface area contributed by atoms with E-state index in [1.54, 1.807) is 0 Å². The van der Waals surface area contributed by atoms with Crippen LogP contribution in [-0.4, -0.2) is 48.2 Å². The first-order chi connectivity index (χ1) is 10.1. The molecule has 0 spiro atoms. The number of carboxylic acids is 1. The van der Waals surface area contributed by atoms with Crippen LogP contribution in [-0.2, 0) is 17.8 Å². The number of nitrogens with one attached hydrogen (secondary N) is 2. The summed E-state index contributed by atoms with van der Waals surface area (Å²) in [7, 11) is 0. The van der Waals surface area contributed by atoms with Crippen LogP contribution in [0.2, 0.25) is 0 Å². The fraction of sp³-hybridized carbons (Fsp3) is 0.562. The summed E-state index contributed by atoms with van der Waals surface area (Å²) in [6.45, 7) is 5.85. The van der Waals surface area contributed by atoms with Crippen molar-refractivity contribution in [3.63, 3.8) is 0 Å².